The molecule has 2 atom stereocenters. The van der Waals surface area contributed by atoms with Crippen molar-refractivity contribution in [3.8, 4) is 0 Å². The predicted molar refractivity (Wildman–Crippen MR) is 164 cm³/mol. The number of para-hydroxylation sites is 2. The number of hydrogen-bond acceptors (Lipinski definition) is 6. The quantitative estimate of drug-likeness (QED) is 0.356. The van der Waals surface area contributed by atoms with Crippen molar-refractivity contribution in [1.82, 2.24) is 14.7 Å². The number of benzene rings is 1. The molecule has 2 unspecified atom stereocenters. The molecule has 2 N–H and O–H groups in total. The molecule has 4 aliphatic rings. The van der Waals surface area contributed by atoms with Crippen LogP contribution in [0.3, 0.4) is 0 Å². The summed E-state index contributed by atoms with van der Waals surface area (Å²) in [5.41, 5.74) is 7.66. The number of hydrogen-bond donors (Lipinski definition) is 1. The van der Waals surface area contributed by atoms with Gasteiger partial charge in [0.1, 0.15) is 11.3 Å². The van der Waals surface area contributed by atoms with Crippen LogP contribution in [0.1, 0.15) is 85.0 Å². The third-order valence-electron chi connectivity index (χ3n) is 9.59. The summed E-state index contributed by atoms with van der Waals surface area (Å²) in [5, 5.41) is 0. The van der Waals surface area contributed by atoms with Gasteiger partial charge < -0.3 is 25.2 Å². The molecular formula is C33H51N5O3. The lowest BCUT2D eigenvalue weighted by atomic mass is 9.88. The molecule has 8 nitrogen and oxygen atoms in total. The molecule has 226 valence electrons. The van der Waals surface area contributed by atoms with Gasteiger partial charge in [0.2, 0.25) is 0 Å². The molecular weight excluding hydrogens is 514 g/mol. The summed E-state index contributed by atoms with van der Waals surface area (Å²) in [4.78, 5) is 38.0. The Morgan fingerprint density at radius 1 is 0.878 bits per heavy atom. The van der Waals surface area contributed by atoms with Gasteiger partial charge in [-0.1, -0.05) is 44.2 Å². The fourth-order valence-corrected chi connectivity index (χ4v) is 7.33. The molecule has 0 spiro atoms. The first-order chi connectivity index (χ1) is 19.7. The van der Waals surface area contributed by atoms with Crippen LogP contribution < -0.4 is 5.73 Å². The molecule has 41 heavy (non-hydrogen) atoms. The number of carbonyl (C=O) groups is 2. The topological polar surface area (TPSA) is 91.5 Å². The Morgan fingerprint density at radius 2 is 1.46 bits per heavy atom. The number of ether oxygens (including phenoxy) is 1. The molecule has 1 aromatic carbocycles. The van der Waals surface area contributed by atoms with Crippen LogP contribution in [0.25, 0.3) is 0 Å². The van der Waals surface area contributed by atoms with Crippen molar-refractivity contribution in [2.75, 3.05) is 45.0 Å². The van der Waals surface area contributed by atoms with E-state index in [0.717, 1.165) is 32.0 Å². The summed E-state index contributed by atoms with van der Waals surface area (Å²) in [6.07, 6.45) is 12.2. The number of rotatable bonds is 5. The van der Waals surface area contributed by atoms with E-state index in [9.17, 15) is 9.59 Å². The summed E-state index contributed by atoms with van der Waals surface area (Å²) < 4.78 is 5.59. The zero-order valence-electron chi connectivity index (χ0n) is 25.5. The standard InChI is InChI=1S/C33H51N5O3/c1-33(2,3)41-32(40)38-22-25-20-37(21-26(25)23-38)31(39)30(35-29-14-10-9-13-28(29)34)19-24-15-17-36(18-16-24)27-11-7-5-4-6-8-12-27/h9-10,13-14,24-27H,4-8,11-12,15-23,34H2,1-3H3/b35-30+. The highest BCUT2D eigenvalue weighted by molar-refractivity contribution is 6.39. The lowest BCUT2D eigenvalue weighted by molar-refractivity contribution is -0.123. The van der Waals surface area contributed by atoms with Crippen LogP contribution in [0.15, 0.2) is 29.3 Å². The molecule has 3 heterocycles. The van der Waals surface area contributed by atoms with Crippen molar-refractivity contribution >= 4 is 29.1 Å². The number of nitrogens with zero attached hydrogens (tertiary/aromatic N) is 4. The number of piperidine rings is 1. The minimum atomic E-state index is -0.507. The van der Waals surface area contributed by atoms with Crippen molar-refractivity contribution in [3.05, 3.63) is 24.3 Å². The minimum Gasteiger partial charge on any atom is -0.444 e. The second-order valence-electron chi connectivity index (χ2n) is 13.9. The minimum absolute atomic E-state index is 0.0360. The summed E-state index contributed by atoms with van der Waals surface area (Å²) in [7, 11) is 0. The first-order valence-electron chi connectivity index (χ1n) is 16.1. The maximum absolute atomic E-state index is 14.0. The number of anilines is 1. The molecule has 0 aromatic heterocycles. The molecule has 1 aliphatic carbocycles. The van der Waals surface area contributed by atoms with Gasteiger partial charge in [-0.3, -0.25) is 4.79 Å². The average Bonchev–Trinajstić information content (AvgIpc) is 3.49. The Kier molecular flexibility index (Phi) is 9.57. The number of fused-ring (bicyclic) bond motifs is 1. The molecule has 1 aromatic rings. The average molecular weight is 566 g/mol. The SMILES string of the molecule is CC(C)(C)OC(=O)N1CC2CN(C(=O)/C(CC3CCN(C4CCCCCCC4)CC3)=N/c3ccccc3N)CC2C1. The van der Waals surface area contributed by atoms with E-state index < -0.39 is 5.60 Å². The molecule has 8 heteroatoms. The van der Waals surface area contributed by atoms with E-state index in [1.54, 1.807) is 0 Å². The highest BCUT2D eigenvalue weighted by Crippen LogP contribution is 2.34. The second kappa shape index (κ2) is 13.1. The van der Waals surface area contributed by atoms with E-state index >= 15 is 0 Å². The third kappa shape index (κ3) is 7.82. The summed E-state index contributed by atoms with van der Waals surface area (Å²) in [5.74, 6) is 1.05. The van der Waals surface area contributed by atoms with Crippen molar-refractivity contribution < 1.29 is 14.3 Å². The monoisotopic (exact) mass is 565 g/mol. The zero-order chi connectivity index (χ0) is 29.0. The summed E-state index contributed by atoms with van der Waals surface area (Å²) >= 11 is 0. The second-order valence-corrected chi connectivity index (χ2v) is 13.9. The van der Waals surface area contributed by atoms with Gasteiger partial charge in [-0.2, -0.15) is 0 Å². The Balaban J connectivity index is 1.22. The first kappa shape index (κ1) is 29.9. The van der Waals surface area contributed by atoms with Gasteiger partial charge in [0.15, 0.2) is 0 Å². The highest BCUT2D eigenvalue weighted by Gasteiger charge is 2.44. The number of nitrogens with two attached hydrogens (primary N) is 1. The number of amides is 2. The van der Waals surface area contributed by atoms with E-state index in [1.165, 1.54) is 44.9 Å². The van der Waals surface area contributed by atoms with E-state index in [-0.39, 0.29) is 23.8 Å². The van der Waals surface area contributed by atoms with E-state index in [2.05, 4.69) is 4.90 Å². The molecule has 0 radical (unpaired) electrons. The first-order valence-corrected chi connectivity index (χ1v) is 16.1. The largest absolute Gasteiger partial charge is 0.444 e. The van der Waals surface area contributed by atoms with Crippen LogP contribution in [-0.2, 0) is 9.53 Å². The van der Waals surface area contributed by atoms with Crippen LogP contribution in [-0.4, -0.2) is 83.3 Å². The Morgan fingerprint density at radius 3 is 2.07 bits per heavy atom. The number of nitrogen functional groups attached to an aromatic ring is 1. The Hall–Kier alpha value is -2.61. The van der Waals surface area contributed by atoms with Crippen molar-refractivity contribution in [2.24, 2.45) is 22.7 Å². The van der Waals surface area contributed by atoms with Crippen LogP contribution in [0.5, 0.6) is 0 Å². The van der Waals surface area contributed by atoms with Crippen molar-refractivity contribution in [2.45, 2.75) is 96.6 Å². The zero-order valence-corrected chi connectivity index (χ0v) is 25.5. The van der Waals surface area contributed by atoms with Gasteiger partial charge in [-0.05, 0) is 84.0 Å². The van der Waals surface area contributed by atoms with Crippen molar-refractivity contribution in [3.63, 3.8) is 0 Å². The smallest absolute Gasteiger partial charge is 0.410 e. The van der Waals surface area contributed by atoms with Crippen LogP contribution >= 0.6 is 0 Å². The lowest BCUT2D eigenvalue weighted by Crippen LogP contribution is -2.43. The molecule has 3 aliphatic heterocycles. The van der Waals surface area contributed by atoms with E-state index in [0.29, 0.717) is 55.6 Å². The Labute approximate surface area is 246 Å². The van der Waals surface area contributed by atoms with Gasteiger partial charge in [0.05, 0.1) is 11.4 Å². The van der Waals surface area contributed by atoms with Crippen LogP contribution in [0.2, 0.25) is 0 Å². The molecule has 3 saturated heterocycles. The fraction of sp³-hybridized carbons (Fsp3) is 0.727. The number of likely N-dealkylation sites (tertiary alicyclic amines) is 3. The Bertz CT molecular complexity index is 1070. The van der Waals surface area contributed by atoms with Gasteiger partial charge in [-0.15, -0.1) is 0 Å². The van der Waals surface area contributed by atoms with Crippen LogP contribution in [0, 0.1) is 17.8 Å². The summed E-state index contributed by atoms with van der Waals surface area (Å²) in [6.45, 7) is 10.5. The van der Waals surface area contributed by atoms with E-state index in [1.807, 2.05) is 54.8 Å². The maximum Gasteiger partial charge on any atom is 0.410 e. The highest BCUT2D eigenvalue weighted by atomic mass is 16.6. The van der Waals surface area contributed by atoms with Gasteiger partial charge in [0, 0.05) is 44.1 Å². The van der Waals surface area contributed by atoms with Crippen LogP contribution in [0.4, 0.5) is 16.2 Å². The molecule has 1 saturated carbocycles. The third-order valence-corrected chi connectivity index (χ3v) is 9.59. The number of carbonyl (C=O) groups excluding carboxylic acids is 2. The predicted octanol–water partition coefficient (Wildman–Crippen LogP) is 5.88. The van der Waals surface area contributed by atoms with Crippen molar-refractivity contribution in [1.29, 1.82) is 0 Å². The molecule has 4 fully saturated rings. The molecule has 2 amide bonds. The molecule has 0 bridgehead atoms. The summed E-state index contributed by atoms with van der Waals surface area (Å²) in [6, 6.07) is 8.31. The number of aliphatic imine (C=N–C) groups is 1. The van der Waals surface area contributed by atoms with Gasteiger partial charge in [0.25, 0.3) is 5.91 Å². The van der Waals surface area contributed by atoms with E-state index in [4.69, 9.17) is 15.5 Å². The van der Waals surface area contributed by atoms with Gasteiger partial charge in [-0.25, -0.2) is 9.79 Å². The maximum atomic E-state index is 14.0. The fourth-order valence-electron chi connectivity index (χ4n) is 7.33. The molecule has 5 rings (SSSR count). The van der Waals surface area contributed by atoms with Gasteiger partial charge >= 0.3 is 6.09 Å². The normalized spacial score (nSPS) is 25.6. The lowest BCUT2D eigenvalue weighted by Gasteiger charge is -2.38.